The molecule has 4 rings (SSSR count). The van der Waals surface area contributed by atoms with Crippen LogP contribution in [0.25, 0.3) is 0 Å². The number of aryl methyl sites for hydroxylation is 1. The molecule has 0 aromatic carbocycles. The third kappa shape index (κ3) is 19.2. The highest BCUT2D eigenvalue weighted by Gasteiger charge is 2.33. The molecule has 3 aliphatic heterocycles. The molecule has 21 heteroatoms. The first kappa shape index (κ1) is 48.0. The van der Waals surface area contributed by atoms with Crippen molar-refractivity contribution in [1.82, 2.24) is 24.7 Å². The molecule has 0 bridgehead atoms. The number of carbonyl (C=O) groups is 6. The number of aromatic nitrogens is 2. The molecule has 1 aromatic heterocycles. The van der Waals surface area contributed by atoms with E-state index in [9.17, 15) is 24.0 Å². The number of nitrogens with one attached hydrogen (secondary N) is 3. The smallest absolute Gasteiger partial charge is 0.409 e. The van der Waals surface area contributed by atoms with Gasteiger partial charge in [0.05, 0.1) is 17.9 Å². The predicted octanol–water partition coefficient (Wildman–Crippen LogP) is 0.128. The summed E-state index contributed by atoms with van der Waals surface area (Å²) in [5, 5.41) is 26.6. The molecule has 0 saturated carbocycles. The van der Waals surface area contributed by atoms with Gasteiger partial charge in [0.15, 0.2) is 5.95 Å². The SMILES string of the molecule is C.C=O.CB(O)Nc1ncc(CC[C@H]2C(=O)OCN2C)[nH]1.CC(=N)N.CN1COC(=O)[C@@H]1CCC(=O)CCl.CN1COC(=O)[C@@H]1CCC(=O)O. The van der Waals surface area contributed by atoms with Crippen molar-refractivity contribution in [1.29, 1.82) is 5.41 Å². The molecule has 3 aliphatic rings. The Morgan fingerprint density at radius 2 is 1.40 bits per heavy atom. The second-order valence-corrected chi connectivity index (χ2v) is 11.3. The molecule has 19 nitrogen and oxygen atoms in total. The number of anilines is 1. The molecule has 4 heterocycles. The zero-order chi connectivity index (χ0) is 37.7. The number of esters is 3. The Kier molecular flexibility index (Phi) is 24.8. The zero-order valence-corrected chi connectivity index (χ0v) is 29.2. The number of cyclic esters (lactones) is 3. The van der Waals surface area contributed by atoms with Crippen LogP contribution in [-0.2, 0) is 49.4 Å². The number of carboxylic acid groups (broad SMARTS) is 1. The van der Waals surface area contributed by atoms with Crippen molar-refractivity contribution in [3.63, 3.8) is 0 Å². The number of aliphatic carboxylic acids is 1. The lowest BCUT2D eigenvalue weighted by Gasteiger charge is -2.12. The minimum atomic E-state index is -0.886. The van der Waals surface area contributed by atoms with E-state index in [0.29, 0.717) is 51.5 Å². The highest BCUT2D eigenvalue weighted by Crippen LogP contribution is 2.16. The highest BCUT2D eigenvalue weighted by atomic mass is 35.5. The average molecular weight is 735 g/mol. The van der Waals surface area contributed by atoms with E-state index in [0.717, 1.165) is 5.69 Å². The van der Waals surface area contributed by atoms with E-state index in [2.05, 4.69) is 15.2 Å². The Morgan fingerprint density at radius 1 is 1.00 bits per heavy atom. The van der Waals surface area contributed by atoms with Crippen molar-refractivity contribution in [3.05, 3.63) is 11.9 Å². The summed E-state index contributed by atoms with van der Waals surface area (Å²) in [6, 6.07) is -0.824. The van der Waals surface area contributed by atoms with Gasteiger partial charge in [-0.1, -0.05) is 7.43 Å². The van der Waals surface area contributed by atoms with Gasteiger partial charge in [0.25, 0.3) is 0 Å². The topological polar surface area (TPSA) is 271 Å². The Balaban J connectivity index is 0. The van der Waals surface area contributed by atoms with E-state index >= 15 is 0 Å². The van der Waals surface area contributed by atoms with Gasteiger partial charge in [0.1, 0.15) is 50.9 Å². The second-order valence-electron chi connectivity index (χ2n) is 11.0. The van der Waals surface area contributed by atoms with Gasteiger partial charge in [-0.2, -0.15) is 0 Å². The number of ketones is 1. The van der Waals surface area contributed by atoms with Crippen molar-refractivity contribution in [2.75, 3.05) is 52.4 Å². The minimum absolute atomic E-state index is 0. The standard InChI is InChI=1S/C10H17BN4O3.C8H12ClNO3.C7H11NO4.C2H6N2.CH2O.CH4/c1-11(17)14-10-12-5-7(13-10)3-4-8-9(16)18-6-15(8)2;1-10-5-13-8(12)7(10)3-2-6(11)4-9;1-8-4-12-7(11)5(8)2-3-6(9)10;1-2(3)4;1-2;/h5,8,17H,3-4,6H2,1-2H3,(H2,12,13,14);7H,2-5H2,1H3;5H,2-4H2,1H3,(H,9,10);1H3,(H3,3,4);1H2;1H4/t8-;7-;5-;;;/m000.../s1. The molecule has 3 fully saturated rings. The van der Waals surface area contributed by atoms with Gasteiger partial charge in [-0.05, 0) is 60.6 Å². The van der Waals surface area contributed by atoms with Crippen molar-refractivity contribution < 1.29 is 53.1 Å². The van der Waals surface area contributed by atoms with E-state index in [1.165, 1.54) is 6.92 Å². The number of rotatable bonds is 12. The number of nitrogens with two attached hydrogens (primary N) is 1. The first-order valence-electron chi connectivity index (χ1n) is 15.0. The maximum absolute atomic E-state index is 11.4. The molecule has 0 unspecified atom stereocenters. The molecule has 3 saturated heterocycles. The maximum Gasteiger partial charge on any atom is 0.409 e. The summed E-state index contributed by atoms with van der Waals surface area (Å²) < 4.78 is 14.4. The molecule has 0 aliphatic carbocycles. The molecule has 0 spiro atoms. The highest BCUT2D eigenvalue weighted by molar-refractivity contribution is 6.52. The Morgan fingerprint density at radius 3 is 1.74 bits per heavy atom. The lowest BCUT2D eigenvalue weighted by atomic mass is 9.89. The number of H-pyrrole nitrogens is 1. The summed E-state index contributed by atoms with van der Waals surface area (Å²) in [5.41, 5.74) is 5.62. The number of likely N-dealkylation sites (N-methyl/N-ethyl adjacent to an activating group) is 3. The molecule has 0 amide bonds. The minimum Gasteiger partial charge on any atom is -0.481 e. The fourth-order valence-corrected chi connectivity index (χ4v) is 4.42. The van der Waals surface area contributed by atoms with E-state index in [1.807, 2.05) is 18.7 Å². The Hall–Kier alpha value is -4.11. The molecular formula is C29H52BClN8O11. The number of hydrogen-bond donors (Lipinski definition) is 6. The van der Waals surface area contributed by atoms with Crippen LogP contribution in [0.4, 0.5) is 5.95 Å². The van der Waals surface area contributed by atoms with Gasteiger partial charge in [0.2, 0.25) is 0 Å². The summed E-state index contributed by atoms with van der Waals surface area (Å²) in [6.45, 7) is 6.09. The van der Waals surface area contributed by atoms with Gasteiger partial charge >= 0.3 is 30.9 Å². The maximum atomic E-state index is 11.4. The molecule has 0 radical (unpaired) electrons. The third-order valence-electron chi connectivity index (χ3n) is 6.78. The number of alkyl halides is 1. The van der Waals surface area contributed by atoms with Crippen LogP contribution in [0.1, 0.15) is 52.1 Å². The molecule has 284 valence electrons. The van der Waals surface area contributed by atoms with E-state index < -0.39 is 13.0 Å². The fraction of sp³-hybridized carbons (Fsp3) is 0.655. The first-order valence-corrected chi connectivity index (χ1v) is 15.6. The summed E-state index contributed by atoms with van der Waals surface area (Å²) in [7, 11) is 4.74. The van der Waals surface area contributed by atoms with Crippen LogP contribution < -0.4 is 11.0 Å². The number of ether oxygens (including phenoxy) is 3. The third-order valence-corrected chi connectivity index (χ3v) is 7.08. The van der Waals surface area contributed by atoms with Crippen molar-refractivity contribution >= 4 is 66.9 Å². The normalized spacial score (nSPS) is 19.6. The zero-order valence-electron chi connectivity index (χ0n) is 28.5. The molecule has 7 N–H and O–H groups in total. The van der Waals surface area contributed by atoms with Crippen LogP contribution in [0.2, 0.25) is 6.82 Å². The van der Waals surface area contributed by atoms with Crippen LogP contribution in [0.5, 0.6) is 0 Å². The predicted molar refractivity (Wildman–Crippen MR) is 185 cm³/mol. The van der Waals surface area contributed by atoms with Gasteiger partial charge in [-0.25, -0.2) is 4.98 Å². The number of hydrogen-bond acceptors (Lipinski definition) is 16. The van der Waals surface area contributed by atoms with Crippen molar-refractivity contribution in [3.8, 4) is 0 Å². The average Bonchev–Trinajstić information content (AvgIpc) is 3.79. The van der Waals surface area contributed by atoms with Gasteiger partial charge < -0.3 is 45.1 Å². The van der Waals surface area contributed by atoms with E-state index in [4.69, 9.17) is 51.9 Å². The molecule has 3 atom stereocenters. The number of amidine groups is 1. The molecule has 1 aromatic rings. The number of imidazole rings is 1. The summed E-state index contributed by atoms with van der Waals surface area (Å²) in [4.78, 5) is 75.0. The van der Waals surface area contributed by atoms with E-state index in [-0.39, 0.29) is 74.1 Å². The number of Topliss-reactive ketones (excluding diaryl/α,β-unsaturated/α-hetero) is 1. The lowest BCUT2D eigenvalue weighted by Crippen LogP contribution is -2.30. The van der Waals surface area contributed by atoms with Crippen LogP contribution in [-0.4, -0.2) is 149 Å². The van der Waals surface area contributed by atoms with Crippen LogP contribution >= 0.6 is 11.6 Å². The monoisotopic (exact) mass is 734 g/mol. The van der Waals surface area contributed by atoms with Crippen molar-refractivity contribution in [2.45, 2.75) is 77.8 Å². The Labute approximate surface area is 297 Å². The second kappa shape index (κ2) is 25.8. The van der Waals surface area contributed by atoms with E-state index in [1.54, 1.807) is 36.9 Å². The number of aromatic amines is 1. The summed E-state index contributed by atoms with van der Waals surface area (Å²) in [6.07, 6.45) is 4.26. The fourth-order valence-electron chi connectivity index (χ4n) is 4.28. The van der Waals surface area contributed by atoms with Gasteiger partial charge in [-0.3, -0.25) is 44.1 Å². The van der Waals surface area contributed by atoms with Gasteiger partial charge in [0, 0.05) is 18.5 Å². The van der Waals surface area contributed by atoms with Crippen LogP contribution in [0.3, 0.4) is 0 Å². The van der Waals surface area contributed by atoms with Crippen molar-refractivity contribution in [2.24, 2.45) is 5.73 Å². The quantitative estimate of drug-likeness (QED) is 0.0416. The summed E-state index contributed by atoms with van der Waals surface area (Å²) in [5.74, 6) is -0.936. The van der Waals surface area contributed by atoms with Gasteiger partial charge in [-0.15, -0.1) is 11.6 Å². The van der Waals surface area contributed by atoms with Crippen LogP contribution in [0.15, 0.2) is 6.20 Å². The number of nitrogens with zero attached hydrogens (tertiary/aromatic N) is 4. The Bertz CT molecular complexity index is 1220. The lowest BCUT2D eigenvalue weighted by molar-refractivity contribution is -0.141. The largest absolute Gasteiger partial charge is 0.481 e. The summed E-state index contributed by atoms with van der Waals surface area (Å²) >= 11 is 5.33. The molecular weight excluding hydrogens is 683 g/mol. The number of carboxylic acids is 1. The number of halogens is 1. The first-order chi connectivity index (χ1) is 23.0. The molecule has 50 heavy (non-hydrogen) atoms. The number of carbonyl (C=O) groups excluding carboxylic acids is 5. The van der Waals surface area contributed by atoms with Crippen LogP contribution in [0, 0.1) is 5.41 Å².